The molecule has 0 aliphatic carbocycles. The summed E-state index contributed by atoms with van der Waals surface area (Å²) in [6.45, 7) is 12.1. The average Bonchev–Trinajstić information content (AvgIpc) is 3.21. The van der Waals surface area contributed by atoms with Gasteiger partial charge in [-0.05, 0) is 38.8 Å². The number of nitrogens with one attached hydrogen (secondary N) is 1. The standard InChI is InChI=1S/C13H16N2O2.C8H18O3.C4H10O.C2H6O2/c1-2-3-9-11-12(16)14-15(13(11)17)10-7-5-4-6-8-10;1-2-3-5-10-7-8-11-6-4-9;1-3-5-4-2;3-1-2-4/h4-8,11H,2-3,9H2,1H3,(H,14,16);9H,2-8H2,1H3;3-4H2,1-2H3;3-4H,1-2H2. The Morgan fingerprint density at radius 1 is 0.757 bits per heavy atom. The first-order chi connectivity index (χ1) is 18.0. The minimum Gasteiger partial charge on any atom is -0.394 e. The molecule has 1 saturated heterocycles. The van der Waals surface area contributed by atoms with Crippen molar-refractivity contribution in [1.82, 2.24) is 5.43 Å². The predicted molar refractivity (Wildman–Crippen MR) is 145 cm³/mol. The van der Waals surface area contributed by atoms with Crippen molar-refractivity contribution in [2.75, 3.05) is 64.5 Å². The maximum absolute atomic E-state index is 12.1. The number of hydrazine groups is 1. The van der Waals surface area contributed by atoms with Crippen molar-refractivity contribution in [3.8, 4) is 0 Å². The molecule has 4 N–H and O–H groups in total. The summed E-state index contributed by atoms with van der Waals surface area (Å²) < 4.78 is 15.0. The van der Waals surface area contributed by atoms with Gasteiger partial charge in [0.05, 0.1) is 45.3 Å². The van der Waals surface area contributed by atoms with Crippen LogP contribution in [-0.2, 0) is 23.8 Å². The number of hydrogen-bond acceptors (Lipinski definition) is 8. The second kappa shape index (κ2) is 28.5. The van der Waals surface area contributed by atoms with Gasteiger partial charge in [-0.3, -0.25) is 15.0 Å². The number of hydrogen-bond donors (Lipinski definition) is 4. The predicted octanol–water partition coefficient (Wildman–Crippen LogP) is 2.70. The van der Waals surface area contributed by atoms with Crippen molar-refractivity contribution in [1.29, 1.82) is 0 Å². The normalized spacial score (nSPS) is 14.0. The van der Waals surface area contributed by atoms with Gasteiger partial charge < -0.3 is 29.5 Å². The summed E-state index contributed by atoms with van der Waals surface area (Å²) in [6.07, 6.45) is 4.79. The molecule has 10 nitrogen and oxygen atoms in total. The van der Waals surface area contributed by atoms with E-state index in [1.807, 2.05) is 39.0 Å². The molecule has 2 rings (SSSR count). The van der Waals surface area contributed by atoms with Crippen LogP contribution in [0.3, 0.4) is 0 Å². The number of unbranched alkanes of at least 4 members (excludes halogenated alkanes) is 2. The third-order valence-corrected chi connectivity index (χ3v) is 4.68. The lowest BCUT2D eigenvalue weighted by atomic mass is 10.0. The van der Waals surface area contributed by atoms with E-state index in [1.54, 1.807) is 12.1 Å². The fraction of sp³-hybridized carbons (Fsp3) is 0.704. The van der Waals surface area contributed by atoms with E-state index >= 15 is 0 Å². The van der Waals surface area contributed by atoms with Gasteiger partial charge in [-0.25, -0.2) is 5.01 Å². The lowest BCUT2D eigenvalue weighted by Gasteiger charge is -2.14. The van der Waals surface area contributed by atoms with Crippen LogP contribution in [0.2, 0.25) is 0 Å². The molecule has 1 aromatic rings. The molecule has 1 atom stereocenters. The van der Waals surface area contributed by atoms with Crippen molar-refractivity contribution in [3.05, 3.63) is 30.3 Å². The molecule has 0 spiro atoms. The van der Waals surface area contributed by atoms with Crippen LogP contribution in [-0.4, -0.2) is 86.6 Å². The number of para-hydroxylation sites is 1. The van der Waals surface area contributed by atoms with Crippen molar-refractivity contribution >= 4 is 17.5 Å². The molecule has 1 aliphatic heterocycles. The van der Waals surface area contributed by atoms with Gasteiger partial charge in [-0.2, -0.15) is 0 Å². The van der Waals surface area contributed by atoms with Crippen LogP contribution in [0, 0.1) is 5.92 Å². The van der Waals surface area contributed by atoms with Gasteiger partial charge in [0.2, 0.25) is 0 Å². The summed E-state index contributed by atoms with van der Waals surface area (Å²) in [4.78, 5) is 23.8. The summed E-state index contributed by atoms with van der Waals surface area (Å²) in [5.41, 5.74) is 3.34. The summed E-state index contributed by atoms with van der Waals surface area (Å²) in [5.74, 6) is -0.850. The molecule has 2 amide bonds. The molecule has 0 bridgehead atoms. The van der Waals surface area contributed by atoms with E-state index in [1.165, 1.54) is 5.01 Å². The minimum atomic E-state index is -0.518. The lowest BCUT2D eigenvalue weighted by molar-refractivity contribution is -0.127. The van der Waals surface area contributed by atoms with Crippen LogP contribution in [0.5, 0.6) is 0 Å². The fourth-order valence-corrected chi connectivity index (χ4v) is 2.78. The molecule has 10 heteroatoms. The van der Waals surface area contributed by atoms with E-state index in [4.69, 9.17) is 29.5 Å². The Morgan fingerprint density at radius 2 is 1.32 bits per heavy atom. The van der Waals surface area contributed by atoms with Crippen molar-refractivity contribution in [3.63, 3.8) is 0 Å². The highest BCUT2D eigenvalue weighted by atomic mass is 16.5. The number of ether oxygens (including phenoxy) is 3. The largest absolute Gasteiger partial charge is 0.394 e. The number of carbonyl (C=O) groups excluding carboxylic acids is 2. The lowest BCUT2D eigenvalue weighted by Crippen LogP contribution is -2.35. The summed E-state index contributed by atoms with van der Waals surface area (Å²) in [6, 6.07) is 9.17. The number of rotatable bonds is 15. The molecule has 0 saturated carbocycles. The van der Waals surface area contributed by atoms with Crippen LogP contribution >= 0.6 is 0 Å². The van der Waals surface area contributed by atoms with Gasteiger partial charge in [0, 0.05) is 19.8 Å². The van der Waals surface area contributed by atoms with Gasteiger partial charge in [0.15, 0.2) is 0 Å². The third-order valence-electron chi connectivity index (χ3n) is 4.68. The Kier molecular flexibility index (Phi) is 28.5. The SMILES string of the molecule is CCCCC1C(=O)NN(c2ccccc2)C1=O.CCCCOCCOCCO.CCOCC.OCCO. The number of benzene rings is 1. The first-order valence-corrected chi connectivity index (χ1v) is 13.2. The second-order valence-electron chi connectivity index (χ2n) is 7.71. The van der Waals surface area contributed by atoms with Crippen LogP contribution < -0.4 is 10.4 Å². The zero-order valence-electron chi connectivity index (χ0n) is 23.2. The molecule has 37 heavy (non-hydrogen) atoms. The molecule has 1 heterocycles. The van der Waals surface area contributed by atoms with E-state index < -0.39 is 5.92 Å². The highest BCUT2D eigenvalue weighted by molar-refractivity contribution is 6.14. The monoisotopic (exact) mass is 530 g/mol. The van der Waals surface area contributed by atoms with E-state index in [0.29, 0.717) is 31.9 Å². The van der Waals surface area contributed by atoms with E-state index in [0.717, 1.165) is 45.5 Å². The zero-order chi connectivity index (χ0) is 28.2. The average molecular weight is 531 g/mol. The maximum Gasteiger partial charge on any atom is 0.258 e. The summed E-state index contributed by atoms with van der Waals surface area (Å²) >= 11 is 0. The molecule has 0 radical (unpaired) electrons. The van der Waals surface area contributed by atoms with E-state index in [9.17, 15) is 9.59 Å². The highest BCUT2D eigenvalue weighted by Gasteiger charge is 2.39. The first kappa shape index (κ1) is 37.1. The Labute approximate surface area is 222 Å². The number of aliphatic hydroxyl groups excluding tert-OH is 3. The van der Waals surface area contributed by atoms with E-state index in [2.05, 4.69) is 12.3 Å². The quantitative estimate of drug-likeness (QED) is 0.201. The summed E-state index contributed by atoms with van der Waals surface area (Å²) in [5, 5.41) is 24.9. The Morgan fingerprint density at radius 3 is 1.78 bits per heavy atom. The van der Waals surface area contributed by atoms with Gasteiger partial charge in [-0.1, -0.05) is 51.3 Å². The molecule has 1 aromatic carbocycles. The van der Waals surface area contributed by atoms with Crippen molar-refractivity contribution in [2.45, 2.75) is 59.8 Å². The van der Waals surface area contributed by atoms with Crippen LogP contribution in [0.4, 0.5) is 5.69 Å². The number of amides is 2. The van der Waals surface area contributed by atoms with Crippen LogP contribution in [0.25, 0.3) is 0 Å². The molecule has 1 aliphatic rings. The Bertz CT molecular complexity index is 622. The zero-order valence-corrected chi connectivity index (χ0v) is 23.2. The molecule has 0 aromatic heterocycles. The van der Waals surface area contributed by atoms with Crippen molar-refractivity contribution < 1.29 is 39.1 Å². The van der Waals surface area contributed by atoms with Crippen LogP contribution in [0.1, 0.15) is 59.8 Å². The molecule has 216 valence electrons. The maximum atomic E-state index is 12.1. The Balaban J connectivity index is 0. The Hall–Kier alpha value is -2.08. The first-order valence-electron chi connectivity index (χ1n) is 13.2. The minimum absolute atomic E-state index is 0.0922. The van der Waals surface area contributed by atoms with Gasteiger partial charge in [-0.15, -0.1) is 0 Å². The van der Waals surface area contributed by atoms with E-state index in [-0.39, 0.29) is 31.6 Å². The number of nitrogens with zero attached hydrogens (tertiary/aromatic N) is 1. The fourth-order valence-electron chi connectivity index (χ4n) is 2.78. The van der Waals surface area contributed by atoms with Gasteiger partial charge in [0.25, 0.3) is 11.8 Å². The van der Waals surface area contributed by atoms with Gasteiger partial charge >= 0.3 is 0 Å². The number of aliphatic hydroxyl groups is 3. The summed E-state index contributed by atoms with van der Waals surface area (Å²) in [7, 11) is 0. The topological polar surface area (TPSA) is 138 Å². The molecule has 1 fully saturated rings. The third kappa shape index (κ3) is 20.6. The number of anilines is 1. The molecular weight excluding hydrogens is 480 g/mol. The van der Waals surface area contributed by atoms with Crippen LogP contribution in [0.15, 0.2) is 30.3 Å². The molecular formula is C27H50N2O8. The highest BCUT2D eigenvalue weighted by Crippen LogP contribution is 2.22. The second-order valence-corrected chi connectivity index (χ2v) is 7.71. The van der Waals surface area contributed by atoms with Gasteiger partial charge in [0.1, 0.15) is 5.92 Å². The molecule has 1 unspecified atom stereocenters. The number of carbonyl (C=O) groups is 2. The smallest absolute Gasteiger partial charge is 0.258 e. The van der Waals surface area contributed by atoms with Crippen molar-refractivity contribution in [2.24, 2.45) is 5.92 Å².